The fraction of sp³-hybridized carbons (Fsp3) is 0.444. The van der Waals surface area contributed by atoms with E-state index >= 15 is 0 Å². The molecular formula is C18H20FN3O2S. The number of likely N-dealkylation sites (tertiary alicyclic amines) is 1. The van der Waals surface area contributed by atoms with Crippen LogP contribution in [0.4, 0.5) is 9.52 Å². The molecule has 0 aliphatic carbocycles. The second kappa shape index (κ2) is 6.07. The van der Waals surface area contributed by atoms with E-state index in [-0.39, 0.29) is 11.5 Å². The summed E-state index contributed by atoms with van der Waals surface area (Å²) in [7, 11) is 0. The number of hydrogen-bond acceptors (Lipinski definition) is 5. The molecule has 0 unspecified atom stereocenters. The number of carbonyl (C=O) groups excluding carboxylic acids is 1. The number of amides is 1. The van der Waals surface area contributed by atoms with E-state index in [0.29, 0.717) is 22.6 Å². The zero-order valence-corrected chi connectivity index (χ0v) is 15.0. The van der Waals surface area contributed by atoms with Crippen molar-refractivity contribution in [2.75, 3.05) is 11.9 Å². The smallest absolute Gasteiger partial charge is 0.230 e. The molecule has 3 heterocycles. The number of ether oxygens (including phenoxy) is 1. The molecule has 25 heavy (non-hydrogen) atoms. The molecule has 0 saturated carbocycles. The summed E-state index contributed by atoms with van der Waals surface area (Å²) in [4.78, 5) is 17.7. The van der Waals surface area contributed by atoms with Gasteiger partial charge in [0.15, 0.2) is 5.13 Å². The topological polar surface area (TPSA) is 54.5 Å². The molecule has 1 aromatic carbocycles. The number of nitrogens with one attached hydrogen (secondary N) is 1. The van der Waals surface area contributed by atoms with E-state index in [1.807, 2.05) is 18.2 Å². The van der Waals surface area contributed by atoms with Crippen LogP contribution in [0.25, 0.3) is 0 Å². The molecule has 5 nitrogen and oxygen atoms in total. The van der Waals surface area contributed by atoms with Crippen LogP contribution in [0.3, 0.4) is 0 Å². The zero-order valence-electron chi connectivity index (χ0n) is 14.2. The van der Waals surface area contributed by atoms with Gasteiger partial charge in [-0.05, 0) is 18.6 Å². The summed E-state index contributed by atoms with van der Waals surface area (Å²) in [5.74, 6) is 0.219. The first-order valence-corrected chi connectivity index (χ1v) is 9.19. The predicted molar refractivity (Wildman–Crippen MR) is 94.4 cm³/mol. The van der Waals surface area contributed by atoms with Gasteiger partial charge in [0, 0.05) is 38.9 Å². The number of para-hydroxylation sites is 1. The average molecular weight is 361 g/mol. The summed E-state index contributed by atoms with van der Waals surface area (Å²) < 4.78 is 20.4. The number of carbonyl (C=O) groups is 1. The number of benzene rings is 1. The molecule has 2 aliphatic heterocycles. The van der Waals surface area contributed by atoms with E-state index < -0.39 is 5.95 Å². The maximum Gasteiger partial charge on any atom is 0.230 e. The summed E-state index contributed by atoms with van der Waals surface area (Å²) in [5.41, 5.74) is 1.03. The molecule has 1 aromatic heterocycles. The molecule has 2 aliphatic rings. The van der Waals surface area contributed by atoms with Gasteiger partial charge in [-0.15, -0.1) is 0 Å². The lowest BCUT2D eigenvalue weighted by atomic mass is 9.95. The van der Waals surface area contributed by atoms with E-state index in [1.165, 1.54) is 23.8 Å². The normalized spacial score (nSPS) is 25.2. The Kier molecular flexibility index (Phi) is 4.00. The van der Waals surface area contributed by atoms with Crippen LogP contribution in [0, 0.1) is 5.95 Å². The summed E-state index contributed by atoms with van der Waals surface area (Å²) in [5, 5.41) is 2.86. The highest BCUT2D eigenvalue weighted by Gasteiger charge is 2.48. The Hall–Kier alpha value is -1.99. The number of fused-ring (bicyclic) bond motifs is 1. The monoisotopic (exact) mass is 361 g/mol. The second-order valence-corrected chi connectivity index (χ2v) is 8.03. The van der Waals surface area contributed by atoms with Crippen LogP contribution in [0.2, 0.25) is 0 Å². The first kappa shape index (κ1) is 16.5. The fourth-order valence-electron chi connectivity index (χ4n) is 3.86. The van der Waals surface area contributed by atoms with Crippen molar-refractivity contribution in [3.63, 3.8) is 0 Å². The Morgan fingerprint density at radius 1 is 1.52 bits per heavy atom. The van der Waals surface area contributed by atoms with Crippen LogP contribution in [0.15, 0.2) is 24.3 Å². The first-order chi connectivity index (χ1) is 11.9. The van der Waals surface area contributed by atoms with Crippen LogP contribution in [-0.2, 0) is 17.8 Å². The maximum absolute atomic E-state index is 14.1. The molecule has 1 N–H and O–H groups in total. The number of nitrogens with zero attached hydrogens (tertiary/aromatic N) is 2. The third-order valence-electron chi connectivity index (χ3n) is 4.87. The fourth-order valence-corrected chi connectivity index (χ4v) is 4.77. The molecule has 1 saturated heterocycles. The molecule has 2 aromatic rings. The molecule has 1 spiro atoms. The summed E-state index contributed by atoms with van der Waals surface area (Å²) >= 11 is 1.19. The van der Waals surface area contributed by atoms with Crippen LogP contribution in [0.1, 0.15) is 30.7 Å². The van der Waals surface area contributed by atoms with Gasteiger partial charge in [0.05, 0.1) is 4.88 Å². The molecule has 1 fully saturated rings. The molecule has 4 rings (SSSR count). The lowest BCUT2D eigenvalue weighted by molar-refractivity contribution is -0.114. The highest BCUT2D eigenvalue weighted by atomic mass is 32.1. The maximum atomic E-state index is 14.1. The number of hydrogen-bond donors (Lipinski definition) is 1. The van der Waals surface area contributed by atoms with Gasteiger partial charge in [0.1, 0.15) is 11.4 Å². The second-order valence-electron chi connectivity index (χ2n) is 6.94. The van der Waals surface area contributed by atoms with Crippen molar-refractivity contribution in [1.82, 2.24) is 9.88 Å². The lowest BCUT2D eigenvalue weighted by Gasteiger charge is -2.24. The van der Waals surface area contributed by atoms with Gasteiger partial charge < -0.3 is 10.1 Å². The minimum Gasteiger partial charge on any atom is -0.485 e. The highest BCUT2D eigenvalue weighted by molar-refractivity contribution is 7.15. The minimum atomic E-state index is -0.502. The zero-order chi connectivity index (χ0) is 17.6. The minimum absolute atomic E-state index is 0.218. The van der Waals surface area contributed by atoms with Crippen molar-refractivity contribution in [3.05, 3.63) is 40.7 Å². The van der Waals surface area contributed by atoms with Crippen LogP contribution in [0.5, 0.6) is 5.75 Å². The van der Waals surface area contributed by atoms with Crippen molar-refractivity contribution in [2.45, 2.75) is 44.9 Å². The Morgan fingerprint density at radius 3 is 3.08 bits per heavy atom. The molecule has 0 radical (unpaired) electrons. The average Bonchev–Trinajstić information content (AvgIpc) is 3.15. The number of thiazole rings is 1. The molecule has 132 valence electrons. The SMILES string of the molecule is CC(=O)Nc1nc(F)c(CN2C[C@@]3(Cc4ccccc4O3)C[C@@H]2C)s1. The Bertz CT molecular complexity index is 797. The van der Waals surface area contributed by atoms with Gasteiger partial charge in [0.25, 0.3) is 0 Å². The van der Waals surface area contributed by atoms with Crippen molar-refractivity contribution in [2.24, 2.45) is 0 Å². The van der Waals surface area contributed by atoms with Gasteiger partial charge in [0.2, 0.25) is 11.9 Å². The van der Waals surface area contributed by atoms with Gasteiger partial charge in [-0.3, -0.25) is 9.69 Å². The third kappa shape index (κ3) is 3.14. The van der Waals surface area contributed by atoms with Gasteiger partial charge in [-0.2, -0.15) is 9.37 Å². The van der Waals surface area contributed by atoms with Crippen LogP contribution in [-0.4, -0.2) is 34.0 Å². The third-order valence-corrected chi connectivity index (χ3v) is 5.80. The molecule has 7 heteroatoms. The van der Waals surface area contributed by atoms with Crippen molar-refractivity contribution < 1.29 is 13.9 Å². The first-order valence-electron chi connectivity index (χ1n) is 8.38. The van der Waals surface area contributed by atoms with E-state index in [9.17, 15) is 9.18 Å². The van der Waals surface area contributed by atoms with Crippen LogP contribution >= 0.6 is 11.3 Å². The Labute approximate surface area is 149 Å². The standard InChI is InChI=1S/C18H20FN3O2S/c1-11-7-18(8-13-5-3-4-6-14(13)24-18)10-22(11)9-15-16(19)21-17(25-15)20-12(2)23/h3-6,11H,7-10H2,1-2H3,(H,20,21,23)/t11-,18-/m0/s1. The molecule has 0 bridgehead atoms. The van der Waals surface area contributed by atoms with Crippen LogP contribution < -0.4 is 10.1 Å². The van der Waals surface area contributed by atoms with E-state index in [1.54, 1.807) is 0 Å². The highest BCUT2D eigenvalue weighted by Crippen LogP contribution is 2.43. The van der Waals surface area contributed by atoms with Gasteiger partial charge >= 0.3 is 0 Å². The van der Waals surface area contributed by atoms with Crippen molar-refractivity contribution in [1.29, 1.82) is 0 Å². The lowest BCUT2D eigenvalue weighted by Crippen LogP contribution is -2.37. The largest absolute Gasteiger partial charge is 0.485 e. The summed E-state index contributed by atoms with van der Waals surface area (Å²) in [6, 6.07) is 8.44. The van der Waals surface area contributed by atoms with E-state index in [4.69, 9.17) is 4.74 Å². The number of anilines is 1. The molecular weight excluding hydrogens is 341 g/mol. The Morgan fingerprint density at radius 2 is 2.32 bits per heavy atom. The molecule has 2 atom stereocenters. The summed E-state index contributed by atoms with van der Waals surface area (Å²) in [6.07, 6.45) is 1.81. The quantitative estimate of drug-likeness (QED) is 0.912. The van der Waals surface area contributed by atoms with Gasteiger partial charge in [-0.1, -0.05) is 29.5 Å². The number of halogens is 1. The van der Waals surface area contributed by atoms with Crippen molar-refractivity contribution >= 4 is 22.4 Å². The summed E-state index contributed by atoms with van der Waals surface area (Å²) in [6.45, 7) is 4.77. The van der Waals surface area contributed by atoms with Gasteiger partial charge in [-0.25, -0.2) is 0 Å². The van der Waals surface area contributed by atoms with E-state index in [0.717, 1.165) is 25.1 Å². The molecule has 1 amide bonds. The van der Waals surface area contributed by atoms with Crippen molar-refractivity contribution in [3.8, 4) is 5.75 Å². The number of rotatable bonds is 3. The predicted octanol–water partition coefficient (Wildman–Crippen LogP) is 3.21. The van der Waals surface area contributed by atoms with E-state index in [2.05, 4.69) is 28.2 Å². The Balaban J connectivity index is 1.48. The number of aromatic nitrogens is 1.